The Morgan fingerprint density at radius 3 is 3.07 bits per heavy atom. The van der Waals surface area contributed by atoms with E-state index in [2.05, 4.69) is 11.4 Å². The molecule has 0 spiro atoms. The van der Waals surface area contributed by atoms with Gasteiger partial charge in [-0.15, -0.1) is 0 Å². The predicted octanol–water partition coefficient (Wildman–Crippen LogP) is 1.47. The molecule has 15 heavy (non-hydrogen) atoms. The Labute approximate surface area is 92.5 Å². The summed E-state index contributed by atoms with van der Waals surface area (Å²) in [6.45, 7) is 2.00. The molecule has 88 valence electrons. The fraction of sp³-hybridized carbons (Fsp3) is 0.833. The van der Waals surface area contributed by atoms with Crippen LogP contribution in [-0.2, 0) is 4.74 Å². The predicted molar refractivity (Wildman–Crippen MR) is 61.9 cm³/mol. The number of aliphatic hydroxyl groups is 1. The number of methoxy groups -OCH3 is 1. The Morgan fingerprint density at radius 1 is 1.53 bits per heavy atom. The summed E-state index contributed by atoms with van der Waals surface area (Å²) in [6, 6.07) is 0. The van der Waals surface area contributed by atoms with Crippen molar-refractivity contribution in [1.82, 2.24) is 5.32 Å². The molecule has 0 aromatic rings. The van der Waals surface area contributed by atoms with Crippen LogP contribution in [0.1, 0.15) is 32.1 Å². The van der Waals surface area contributed by atoms with E-state index in [1.54, 1.807) is 12.7 Å². The standard InChI is InChI=1S/C12H23NO2/c1-15-10-12(14)9-13-8-7-11-5-3-2-4-6-11/h5,12-14H,2-4,6-10H2,1H3. The number of hydrogen-bond donors (Lipinski definition) is 2. The molecular weight excluding hydrogens is 190 g/mol. The summed E-state index contributed by atoms with van der Waals surface area (Å²) >= 11 is 0. The summed E-state index contributed by atoms with van der Waals surface area (Å²) in [5, 5.41) is 12.6. The molecule has 1 atom stereocenters. The van der Waals surface area contributed by atoms with Crippen LogP contribution < -0.4 is 5.32 Å². The van der Waals surface area contributed by atoms with Gasteiger partial charge in [0.1, 0.15) is 0 Å². The van der Waals surface area contributed by atoms with Gasteiger partial charge < -0.3 is 15.2 Å². The van der Waals surface area contributed by atoms with Gasteiger partial charge in [-0.25, -0.2) is 0 Å². The Bertz CT molecular complexity index is 192. The number of allylic oxidation sites excluding steroid dienone is 1. The second-order valence-corrected chi connectivity index (χ2v) is 4.17. The zero-order valence-electron chi connectivity index (χ0n) is 9.67. The van der Waals surface area contributed by atoms with Crippen molar-refractivity contribution in [3.05, 3.63) is 11.6 Å². The van der Waals surface area contributed by atoms with Gasteiger partial charge >= 0.3 is 0 Å². The molecule has 0 heterocycles. The van der Waals surface area contributed by atoms with Gasteiger partial charge in [-0.1, -0.05) is 11.6 Å². The van der Waals surface area contributed by atoms with Crippen LogP contribution >= 0.6 is 0 Å². The van der Waals surface area contributed by atoms with E-state index in [9.17, 15) is 5.11 Å². The third-order valence-corrected chi connectivity index (χ3v) is 2.75. The van der Waals surface area contributed by atoms with Crippen LogP contribution in [-0.4, -0.2) is 38.0 Å². The second kappa shape index (κ2) is 7.85. The molecule has 0 fully saturated rings. The summed E-state index contributed by atoms with van der Waals surface area (Å²) in [6.07, 6.45) is 8.33. The lowest BCUT2D eigenvalue weighted by Crippen LogP contribution is -2.30. The van der Waals surface area contributed by atoms with Gasteiger partial charge in [0.2, 0.25) is 0 Å². The van der Waals surface area contributed by atoms with Crippen molar-refractivity contribution in [2.75, 3.05) is 26.8 Å². The fourth-order valence-electron chi connectivity index (χ4n) is 1.90. The fourth-order valence-corrected chi connectivity index (χ4v) is 1.90. The molecule has 0 saturated carbocycles. The average molecular weight is 213 g/mol. The van der Waals surface area contributed by atoms with Crippen LogP contribution in [0.3, 0.4) is 0 Å². The Kier molecular flexibility index (Phi) is 6.64. The van der Waals surface area contributed by atoms with E-state index in [1.165, 1.54) is 25.7 Å². The maximum atomic E-state index is 9.38. The van der Waals surface area contributed by atoms with Crippen LogP contribution in [0.5, 0.6) is 0 Å². The quantitative estimate of drug-likeness (QED) is 0.497. The SMILES string of the molecule is COCC(O)CNCCC1=CCCCC1. The van der Waals surface area contributed by atoms with E-state index >= 15 is 0 Å². The summed E-state index contributed by atoms with van der Waals surface area (Å²) in [4.78, 5) is 0. The van der Waals surface area contributed by atoms with E-state index in [1.807, 2.05) is 0 Å². The molecule has 0 radical (unpaired) electrons. The largest absolute Gasteiger partial charge is 0.389 e. The van der Waals surface area contributed by atoms with Gasteiger partial charge in [-0.05, 0) is 38.6 Å². The lowest BCUT2D eigenvalue weighted by Gasteiger charge is -2.14. The highest BCUT2D eigenvalue weighted by atomic mass is 16.5. The first kappa shape index (κ1) is 12.7. The van der Waals surface area contributed by atoms with Crippen molar-refractivity contribution >= 4 is 0 Å². The first-order valence-corrected chi connectivity index (χ1v) is 5.88. The highest BCUT2D eigenvalue weighted by molar-refractivity contribution is 5.05. The minimum Gasteiger partial charge on any atom is -0.389 e. The molecule has 0 saturated heterocycles. The Morgan fingerprint density at radius 2 is 2.40 bits per heavy atom. The van der Waals surface area contributed by atoms with Crippen LogP contribution in [0.4, 0.5) is 0 Å². The van der Waals surface area contributed by atoms with Crippen molar-refractivity contribution in [1.29, 1.82) is 0 Å². The third kappa shape index (κ3) is 5.92. The Hall–Kier alpha value is -0.380. The van der Waals surface area contributed by atoms with Gasteiger partial charge in [-0.3, -0.25) is 0 Å². The molecule has 1 aliphatic rings. The zero-order valence-corrected chi connectivity index (χ0v) is 9.67. The van der Waals surface area contributed by atoms with Crippen molar-refractivity contribution in [2.45, 2.75) is 38.2 Å². The third-order valence-electron chi connectivity index (χ3n) is 2.75. The lowest BCUT2D eigenvalue weighted by atomic mass is 9.97. The highest BCUT2D eigenvalue weighted by Crippen LogP contribution is 2.19. The molecule has 0 aliphatic heterocycles. The van der Waals surface area contributed by atoms with Gasteiger partial charge in [0.05, 0.1) is 12.7 Å². The number of rotatable bonds is 7. The van der Waals surface area contributed by atoms with Gasteiger partial charge in [0.25, 0.3) is 0 Å². The van der Waals surface area contributed by atoms with Crippen LogP contribution in [0.2, 0.25) is 0 Å². The maximum Gasteiger partial charge on any atom is 0.0897 e. The molecule has 0 aromatic carbocycles. The molecule has 3 nitrogen and oxygen atoms in total. The van der Waals surface area contributed by atoms with E-state index < -0.39 is 0 Å². The van der Waals surface area contributed by atoms with E-state index in [0.29, 0.717) is 13.2 Å². The molecule has 1 aliphatic carbocycles. The maximum absolute atomic E-state index is 9.38. The highest BCUT2D eigenvalue weighted by Gasteiger charge is 2.04. The molecule has 1 rings (SSSR count). The van der Waals surface area contributed by atoms with Crippen LogP contribution in [0, 0.1) is 0 Å². The molecule has 1 unspecified atom stereocenters. The van der Waals surface area contributed by atoms with Crippen molar-refractivity contribution in [3.63, 3.8) is 0 Å². The summed E-state index contributed by atoms with van der Waals surface area (Å²) < 4.78 is 4.85. The first-order chi connectivity index (χ1) is 7.33. The number of nitrogens with one attached hydrogen (secondary N) is 1. The molecule has 0 bridgehead atoms. The molecule has 0 aromatic heterocycles. The van der Waals surface area contributed by atoms with Crippen LogP contribution in [0.25, 0.3) is 0 Å². The number of hydrogen-bond acceptors (Lipinski definition) is 3. The molecule has 3 heteroatoms. The minimum atomic E-state index is -0.379. The van der Waals surface area contributed by atoms with E-state index in [-0.39, 0.29) is 6.10 Å². The normalized spacial score (nSPS) is 18.7. The summed E-state index contributed by atoms with van der Waals surface area (Å²) in [7, 11) is 1.61. The summed E-state index contributed by atoms with van der Waals surface area (Å²) in [5.41, 5.74) is 1.58. The van der Waals surface area contributed by atoms with Gasteiger partial charge in [0, 0.05) is 13.7 Å². The van der Waals surface area contributed by atoms with Crippen LogP contribution in [0.15, 0.2) is 11.6 Å². The average Bonchev–Trinajstić information content (AvgIpc) is 2.26. The number of ether oxygens (including phenoxy) is 1. The van der Waals surface area contributed by atoms with Crippen molar-refractivity contribution in [3.8, 4) is 0 Å². The molecule has 0 amide bonds. The molecular formula is C12H23NO2. The summed E-state index contributed by atoms with van der Waals surface area (Å²) in [5.74, 6) is 0. The lowest BCUT2D eigenvalue weighted by molar-refractivity contribution is 0.0647. The van der Waals surface area contributed by atoms with Crippen molar-refractivity contribution in [2.24, 2.45) is 0 Å². The van der Waals surface area contributed by atoms with Gasteiger partial charge in [0.15, 0.2) is 0 Å². The Balaban J connectivity index is 1.98. The topological polar surface area (TPSA) is 41.5 Å². The first-order valence-electron chi connectivity index (χ1n) is 5.88. The van der Waals surface area contributed by atoms with Gasteiger partial charge in [-0.2, -0.15) is 0 Å². The monoisotopic (exact) mass is 213 g/mol. The van der Waals surface area contributed by atoms with E-state index in [0.717, 1.165) is 13.0 Å². The zero-order chi connectivity index (χ0) is 10.9. The second-order valence-electron chi connectivity index (χ2n) is 4.17. The van der Waals surface area contributed by atoms with E-state index in [4.69, 9.17) is 4.74 Å². The smallest absolute Gasteiger partial charge is 0.0897 e. The minimum absolute atomic E-state index is 0.379. The van der Waals surface area contributed by atoms with Crippen molar-refractivity contribution < 1.29 is 9.84 Å². The molecule has 2 N–H and O–H groups in total. The number of aliphatic hydroxyl groups excluding tert-OH is 1.